The number of likely N-dealkylation sites (tertiary alicyclic amines) is 1. The van der Waals surface area contributed by atoms with E-state index in [-0.39, 0.29) is 37.4 Å². The van der Waals surface area contributed by atoms with Gasteiger partial charge in [0.25, 0.3) is 5.56 Å². The maximum Gasteiger partial charge on any atom is 0.401 e. The zero-order valence-electron chi connectivity index (χ0n) is 16.1. The van der Waals surface area contributed by atoms with Crippen molar-refractivity contribution in [3.05, 3.63) is 27.2 Å². The molecule has 2 aromatic rings. The summed E-state index contributed by atoms with van der Waals surface area (Å²) in [6.45, 7) is -0.438. The van der Waals surface area contributed by atoms with Crippen molar-refractivity contribution in [1.82, 2.24) is 23.6 Å². The highest BCUT2D eigenvalue weighted by Gasteiger charge is 2.34. The van der Waals surface area contributed by atoms with Gasteiger partial charge in [0.05, 0.1) is 25.3 Å². The summed E-state index contributed by atoms with van der Waals surface area (Å²) in [7, 11) is 2.87. The molecule has 1 fully saturated rings. The zero-order chi connectivity index (χ0) is 21.3. The van der Waals surface area contributed by atoms with Gasteiger partial charge in [-0.1, -0.05) is 0 Å². The molecule has 3 rings (SSSR count). The Labute approximate surface area is 163 Å². The van der Waals surface area contributed by atoms with Crippen molar-refractivity contribution >= 4 is 17.1 Å². The van der Waals surface area contributed by atoms with Gasteiger partial charge in [0.2, 0.25) is 0 Å². The fourth-order valence-corrected chi connectivity index (χ4v) is 3.51. The summed E-state index contributed by atoms with van der Waals surface area (Å²) in [5, 5.41) is 0. The van der Waals surface area contributed by atoms with Crippen LogP contribution in [0.15, 0.2) is 15.9 Å². The molecular weight excluding hydrogens is 395 g/mol. The second-order valence-corrected chi connectivity index (χ2v) is 7.15. The number of carbonyl (C=O) groups is 1. The van der Waals surface area contributed by atoms with Gasteiger partial charge < -0.3 is 9.30 Å². The standard InChI is InChI=1S/C17H22F3N5O4/c1-22-13-12(14(26)23(2)16(22)28)25(10-21-13)7-8-29-15(27)11-3-5-24(6-4-11)9-17(18,19)20/h10-11H,3-9H2,1-2H3. The molecule has 9 nitrogen and oxygen atoms in total. The van der Waals surface area contributed by atoms with Gasteiger partial charge in [-0.15, -0.1) is 0 Å². The van der Waals surface area contributed by atoms with E-state index in [1.54, 1.807) is 0 Å². The third kappa shape index (κ3) is 4.52. The van der Waals surface area contributed by atoms with Gasteiger partial charge in [0.1, 0.15) is 6.61 Å². The number of hydrogen-bond donors (Lipinski definition) is 0. The number of nitrogens with zero attached hydrogens (tertiary/aromatic N) is 5. The Balaban J connectivity index is 1.57. The van der Waals surface area contributed by atoms with Crippen LogP contribution in [-0.4, -0.2) is 62.0 Å². The molecule has 0 unspecified atom stereocenters. The molecule has 1 aliphatic rings. The number of alkyl halides is 3. The van der Waals surface area contributed by atoms with Crippen molar-refractivity contribution in [1.29, 1.82) is 0 Å². The quantitative estimate of drug-likeness (QED) is 0.648. The molecule has 0 saturated carbocycles. The summed E-state index contributed by atoms with van der Waals surface area (Å²) in [5.41, 5.74) is -0.521. The zero-order valence-corrected chi connectivity index (χ0v) is 16.1. The van der Waals surface area contributed by atoms with Crippen LogP contribution in [0.2, 0.25) is 0 Å². The smallest absolute Gasteiger partial charge is 0.401 e. The Hall–Kier alpha value is -2.63. The number of ether oxygens (including phenoxy) is 1. The number of rotatable bonds is 5. The lowest BCUT2D eigenvalue weighted by Crippen LogP contribution is -2.41. The van der Waals surface area contributed by atoms with Crippen LogP contribution in [0, 0.1) is 5.92 Å². The first-order valence-electron chi connectivity index (χ1n) is 9.15. The van der Waals surface area contributed by atoms with Crippen LogP contribution in [0.5, 0.6) is 0 Å². The van der Waals surface area contributed by atoms with E-state index in [9.17, 15) is 27.6 Å². The molecule has 0 bridgehead atoms. The van der Waals surface area contributed by atoms with Crippen LogP contribution < -0.4 is 11.2 Å². The van der Waals surface area contributed by atoms with E-state index in [1.165, 1.54) is 34.5 Å². The van der Waals surface area contributed by atoms with E-state index < -0.39 is 35.9 Å². The van der Waals surface area contributed by atoms with Crippen LogP contribution in [0.3, 0.4) is 0 Å². The molecule has 2 aromatic heterocycles. The minimum Gasteiger partial charge on any atom is -0.464 e. The average Bonchev–Trinajstić information content (AvgIpc) is 3.08. The van der Waals surface area contributed by atoms with Gasteiger partial charge in [-0.25, -0.2) is 9.78 Å². The lowest BCUT2D eigenvalue weighted by molar-refractivity contribution is -0.156. The minimum absolute atomic E-state index is 0.0148. The molecule has 0 N–H and O–H groups in total. The van der Waals surface area contributed by atoms with Crippen molar-refractivity contribution in [2.45, 2.75) is 25.6 Å². The first-order chi connectivity index (χ1) is 13.6. The number of esters is 1. The predicted molar refractivity (Wildman–Crippen MR) is 96.4 cm³/mol. The highest BCUT2D eigenvalue weighted by atomic mass is 19.4. The minimum atomic E-state index is -4.25. The highest BCUT2D eigenvalue weighted by molar-refractivity contribution is 5.72. The van der Waals surface area contributed by atoms with Gasteiger partial charge in [-0.3, -0.25) is 23.6 Å². The number of carbonyl (C=O) groups excluding carboxylic acids is 1. The van der Waals surface area contributed by atoms with E-state index in [0.29, 0.717) is 12.8 Å². The van der Waals surface area contributed by atoms with Crippen LogP contribution in [-0.2, 0) is 30.2 Å². The Kier molecular flexibility index (Phi) is 5.82. The average molecular weight is 417 g/mol. The van der Waals surface area contributed by atoms with Gasteiger partial charge in [0, 0.05) is 14.1 Å². The summed E-state index contributed by atoms with van der Waals surface area (Å²) in [4.78, 5) is 41.8. The van der Waals surface area contributed by atoms with Gasteiger partial charge in [-0.05, 0) is 25.9 Å². The van der Waals surface area contributed by atoms with Crippen molar-refractivity contribution in [2.75, 3.05) is 26.2 Å². The number of aromatic nitrogens is 4. The first-order valence-corrected chi connectivity index (χ1v) is 9.15. The summed E-state index contributed by atoms with van der Waals surface area (Å²) in [6, 6.07) is 0. The molecule has 0 aliphatic carbocycles. The molecule has 160 valence electrons. The van der Waals surface area contributed by atoms with E-state index in [1.807, 2.05) is 0 Å². The maximum absolute atomic E-state index is 12.4. The summed E-state index contributed by atoms with van der Waals surface area (Å²) < 4.78 is 46.3. The molecule has 12 heteroatoms. The lowest BCUT2D eigenvalue weighted by atomic mass is 9.97. The summed E-state index contributed by atoms with van der Waals surface area (Å²) >= 11 is 0. The topological polar surface area (TPSA) is 91.4 Å². The molecule has 3 heterocycles. The van der Waals surface area contributed by atoms with Crippen LogP contribution >= 0.6 is 0 Å². The summed E-state index contributed by atoms with van der Waals surface area (Å²) in [6.07, 6.45) is -2.23. The van der Waals surface area contributed by atoms with Gasteiger partial charge in [0.15, 0.2) is 11.2 Å². The van der Waals surface area contributed by atoms with E-state index in [2.05, 4.69) is 4.98 Å². The van der Waals surface area contributed by atoms with E-state index >= 15 is 0 Å². The molecule has 0 aromatic carbocycles. The van der Waals surface area contributed by atoms with Crippen molar-refractivity contribution < 1.29 is 22.7 Å². The molecule has 1 aliphatic heterocycles. The van der Waals surface area contributed by atoms with Crippen LogP contribution in [0.25, 0.3) is 11.2 Å². The second kappa shape index (κ2) is 8.01. The maximum atomic E-state index is 12.4. The summed E-state index contributed by atoms with van der Waals surface area (Å²) in [5.74, 6) is -0.894. The number of imidazole rings is 1. The largest absolute Gasteiger partial charge is 0.464 e. The molecule has 0 amide bonds. The normalized spacial score (nSPS) is 16.4. The lowest BCUT2D eigenvalue weighted by Gasteiger charge is -2.31. The van der Waals surface area contributed by atoms with Crippen LogP contribution in [0.1, 0.15) is 12.8 Å². The van der Waals surface area contributed by atoms with E-state index in [0.717, 1.165) is 4.57 Å². The molecular formula is C17H22F3N5O4. The monoisotopic (exact) mass is 417 g/mol. The van der Waals surface area contributed by atoms with Crippen molar-refractivity contribution in [2.24, 2.45) is 20.0 Å². The third-order valence-corrected chi connectivity index (χ3v) is 5.12. The Morgan fingerprint density at radius 2 is 1.86 bits per heavy atom. The Morgan fingerprint density at radius 1 is 1.21 bits per heavy atom. The van der Waals surface area contributed by atoms with Crippen molar-refractivity contribution in [3.63, 3.8) is 0 Å². The first kappa shape index (κ1) is 21.1. The van der Waals surface area contributed by atoms with Gasteiger partial charge in [-0.2, -0.15) is 13.2 Å². The molecule has 29 heavy (non-hydrogen) atoms. The number of fused-ring (bicyclic) bond motifs is 1. The van der Waals surface area contributed by atoms with Crippen molar-refractivity contribution in [3.8, 4) is 0 Å². The van der Waals surface area contributed by atoms with Crippen LogP contribution in [0.4, 0.5) is 13.2 Å². The number of piperidine rings is 1. The highest BCUT2D eigenvalue weighted by Crippen LogP contribution is 2.23. The Morgan fingerprint density at radius 3 is 2.48 bits per heavy atom. The number of halogens is 3. The molecule has 0 radical (unpaired) electrons. The second-order valence-electron chi connectivity index (χ2n) is 7.15. The predicted octanol–water partition coefficient (Wildman–Crippen LogP) is 0.251. The third-order valence-electron chi connectivity index (χ3n) is 5.12. The number of aryl methyl sites for hydroxylation is 1. The fourth-order valence-electron chi connectivity index (χ4n) is 3.51. The molecule has 1 saturated heterocycles. The van der Waals surface area contributed by atoms with E-state index in [4.69, 9.17) is 4.74 Å². The van der Waals surface area contributed by atoms with Gasteiger partial charge >= 0.3 is 17.8 Å². The molecule has 0 spiro atoms. The fraction of sp³-hybridized carbons (Fsp3) is 0.647. The SMILES string of the molecule is Cn1c(=O)c2c(ncn2CCOC(=O)C2CCN(CC(F)(F)F)CC2)n(C)c1=O. The number of hydrogen-bond acceptors (Lipinski definition) is 6. The Bertz CT molecular complexity index is 1010. The molecule has 0 atom stereocenters.